The molecule has 1 aromatic carbocycles. The second-order valence-electron chi connectivity index (χ2n) is 6.37. The summed E-state index contributed by atoms with van der Waals surface area (Å²) in [6.45, 7) is 0.801. The molecule has 26 heavy (non-hydrogen) atoms. The van der Waals surface area contributed by atoms with E-state index in [1.54, 1.807) is 31.0 Å². The number of imidazole rings is 1. The predicted molar refractivity (Wildman–Crippen MR) is 101 cm³/mol. The van der Waals surface area contributed by atoms with Crippen LogP contribution in [0.4, 0.5) is 0 Å². The zero-order valence-electron chi connectivity index (χ0n) is 14.4. The summed E-state index contributed by atoms with van der Waals surface area (Å²) in [5, 5.41) is 0. The Kier molecular flexibility index (Phi) is 4.60. The number of aromatic nitrogens is 3. The van der Waals surface area contributed by atoms with Gasteiger partial charge in [-0.05, 0) is 54.3 Å². The fraction of sp³-hybridized carbons (Fsp3) is 0.190. The molecule has 1 atom stereocenters. The Morgan fingerprint density at radius 3 is 2.58 bits per heavy atom. The van der Waals surface area contributed by atoms with Gasteiger partial charge >= 0.3 is 0 Å². The number of rotatable bonds is 4. The second kappa shape index (κ2) is 7.35. The lowest BCUT2D eigenvalue weighted by molar-refractivity contribution is -0.126. The highest BCUT2D eigenvalue weighted by molar-refractivity contribution is 5.92. The van der Waals surface area contributed by atoms with Crippen LogP contribution in [0, 0.1) is 0 Å². The van der Waals surface area contributed by atoms with Crippen LogP contribution in [0.1, 0.15) is 30.0 Å². The van der Waals surface area contributed by atoms with Crippen LogP contribution >= 0.6 is 0 Å². The van der Waals surface area contributed by atoms with Crippen molar-refractivity contribution in [3.8, 4) is 5.69 Å². The maximum atomic E-state index is 12.7. The molecule has 1 fully saturated rings. The molecule has 0 saturated carbocycles. The van der Waals surface area contributed by atoms with Gasteiger partial charge < -0.3 is 9.47 Å². The maximum Gasteiger partial charge on any atom is 0.247 e. The molecule has 3 heterocycles. The largest absolute Gasteiger partial charge is 0.332 e. The van der Waals surface area contributed by atoms with Crippen molar-refractivity contribution in [3.63, 3.8) is 0 Å². The van der Waals surface area contributed by atoms with E-state index in [9.17, 15) is 4.79 Å². The molecule has 3 aromatic rings. The molecule has 1 aliphatic rings. The third kappa shape index (κ3) is 3.42. The molecule has 1 unspecified atom stereocenters. The van der Waals surface area contributed by atoms with Crippen molar-refractivity contribution in [1.29, 1.82) is 0 Å². The predicted octanol–water partition coefficient (Wildman–Crippen LogP) is 3.64. The van der Waals surface area contributed by atoms with Crippen LogP contribution in [-0.4, -0.2) is 31.9 Å². The van der Waals surface area contributed by atoms with Gasteiger partial charge in [0, 0.05) is 43.1 Å². The summed E-state index contributed by atoms with van der Waals surface area (Å²) in [4.78, 5) is 22.7. The summed E-state index contributed by atoms with van der Waals surface area (Å²) in [5.41, 5.74) is 3.20. The smallest absolute Gasteiger partial charge is 0.247 e. The molecule has 1 saturated heterocycles. The van der Waals surface area contributed by atoms with Crippen LogP contribution in [0.15, 0.2) is 73.6 Å². The molecular weight excluding hydrogens is 324 g/mol. The Balaban J connectivity index is 1.45. The van der Waals surface area contributed by atoms with E-state index >= 15 is 0 Å². The topological polar surface area (TPSA) is 51.0 Å². The van der Waals surface area contributed by atoms with Crippen LogP contribution in [0.5, 0.6) is 0 Å². The lowest BCUT2D eigenvalue weighted by atomic mass is 10.1. The van der Waals surface area contributed by atoms with Crippen molar-refractivity contribution < 1.29 is 4.79 Å². The number of carbonyl (C=O) groups is 1. The van der Waals surface area contributed by atoms with E-state index in [0.29, 0.717) is 0 Å². The number of nitrogens with zero attached hydrogens (tertiary/aromatic N) is 4. The number of likely N-dealkylation sites (tertiary alicyclic amines) is 1. The zero-order chi connectivity index (χ0) is 17.8. The van der Waals surface area contributed by atoms with Crippen molar-refractivity contribution in [3.05, 3.63) is 84.7 Å². The minimum Gasteiger partial charge on any atom is -0.332 e. The van der Waals surface area contributed by atoms with E-state index < -0.39 is 0 Å². The molecule has 0 spiro atoms. The molecule has 0 N–H and O–H groups in total. The summed E-state index contributed by atoms with van der Waals surface area (Å²) in [6, 6.07) is 12.2. The van der Waals surface area contributed by atoms with Crippen LogP contribution < -0.4 is 0 Å². The number of hydrogen-bond donors (Lipinski definition) is 0. The number of hydrogen-bond acceptors (Lipinski definition) is 3. The molecule has 130 valence electrons. The molecule has 0 aliphatic carbocycles. The minimum atomic E-state index is 0.0583. The summed E-state index contributed by atoms with van der Waals surface area (Å²) in [5.74, 6) is 0.0583. The van der Waals surface area contributed by atoms with Gasteiger partial charge in [-0.15, -0.1) is 0 Å². The fourth-order valence-corrected chi connectivity index (χ4v) is 3.40. The third-order valence-electron chi connectivity index (χ3n) is 4.74. The molecule has 1 aliphatic heterocycles. The first kappa shape index (κ1) is 16.3. The lowest BCUT2D eigenvalue weighted by Gasteiger charge is -2.23. The van der Waals surface area contributed by atoms with Gasteiger partial charge in [0.1, 0.15) is 0 Å². The van der Waals surface area contributed by atoms with Gasteiger partial charge in [0.2, 0.25) is 5.91 Å². The molecule has 0 radical (unpaired) electrons. The average molecular weight is 344 g/mol. The SMILES string of the molecule is O=C(/C=C/c1ccc(-n2ccnc2)cc1)N1CCCC1c1ccncc1. The monoisotopic (exact) mass is 344 g/mol. The van der Waals surface area contributed by atoms with E-state index in [2.05, 4.69) is 9.97 Å². The van der Waals surface area contributed by atoms with Gasteiger partial charge in [-0.25, -0.2) is 4.98 Å². The number of carbonyl (C=O) groups excluding carboxylic acids is 1. The highest BCUT2D eigenvalue weighted by Gasteiger charge is 2.28. The molecule has 5 nitrogen and oxygen atoms in total. The van der Waals surface area contributed by atoms with E-state index in [-0.39, 0.29) is 11.9 Å². The number of benzene rings is 1. The van der Waals surface area contributed by atoms with Crippen molar-refractivity contribution in [2.75, 3.05) is 6.54 Å². The summed E-state index contributed by atoms with van der Waals surface area (Å²) >= 11 is 0. The van der Waals surface area contributed by atoms with Crippen LogP contribution in [0.25, 0.3) is 11.8 Å². The quantitative estimate of drug-likeness (QED) is 0.679. The first-order valence-corrected chi connectivity index (χ1v) is 8.78. The first-order valence-electron chi connectivity index (χ1n) is 8.78. The lowest BCUT2D eigenvalue weighted by Crippen LogP contribution is -2.28. The molecule has 4 rings (SSSR count). The number of pyridine rings is 1. The van der Waals surface area contributed by atoms with Crippen molar-refractivity contribution in [2.45, 2.75) is 18.9 Å². The van der Waals surface area contributed by atoms with Gasteiger partial charge in [0.05, 0.1) is 12.4 Å². The van der Waals surface area contributed by atoms with E-state index in [4.69, 9.17) is 0 Å². The Morgan fingerprint density at radius 1 is 1.04 bits per heavy atom. The first-order chi connectivity index (χ1) is 12.8. The number of amides is 1. The van der Waals surface area contributed by atoms with Gasteiger partial charge in [0.15, 0.2) is 0 Å². The van der Waals surface area contributed by atoms with Crippen molar-refractivity contribution in [2.24, 2.45) is 0 Å². The second-order valence-corrected chi connectivity index (χ2v) is 6.37. The maximum absolute atomic E-state index is 12.7. The van der Waals surface area contributed by atoms with Gasteiger partial charge in [0.25, 0.3) is 0 Å². The average Bonchev–Trinajstić information content (AvgIpc) is 3.39. The molecule has 2 aromatic heterocycles. The van der Waals surface area contributed by atoms with Gasteiger partial charge in [-0.3, -0.25) is 9.78 Å². The Bertz CT molecular complexity index is 886. The summed E-state index contributed by atoms with van der Waals surface area (Å²) < 4.78 is 1.95. The molecule has 5 heteroatoms. The summed E-state index contributed by atoms with van der Waals surface area (Å²) in [6.07, 6.45) is 14.6. The molecule has 1 amide bonds. The molecule has 0 bridgehead atoms. The standard InChI is InChI=1S/C21H20N4O/c26-21(25-14-1-2-20(25)18-9-11-22-12-10-18)8-5-17-3-6-19(7-4-17)24-15-13-23-16-24/h3-13,15-16,20H,1-2,14H2/b8-5+. The highest BCUT2D eigenvalue weighted by atomic mass is 16.2. The van der Waals surface area contributed by atoms with Gasteiger partial charge in [-0.2, -0.15) is 0 Å². The minimum absolute atomic E-state index is 0.0583. The highest BCUT2D eigenvalue weighted by Crippen LogP contribution is 2.31. The Hall–Kier alpha value is -3.21. The van der Waals surface area contributed by atoms with Crippen LogP contribution in [0.3, 0.4) is 0 Å². The third-order valence-corrected chi connectivity index (χ3v) is 4.74. The van der Waals surface area contributed by atoms with Crippen molar-refractivity contribution in [1.82, 2.24) is 19.4 Å². The Labute approximate surface area is 152 Å². The van der Waals surface area contributed by atoms with Crippen molar-refractivity contribution >= 4 is 12.0 Å². The molecular formula is C21H20N4O. The van der Waals surface area contributed by atoms with E-state index in [1.807, 2.05) is 58.1 Å². The Morgan fingerprint density at radius 2 is 1.85 bits per heavy atom. The van der Waals surface area contributed by atoms with E-state index in [0.717, 1.165) is 36.2 Å². The fourth-order valence-electron chi connectivity index (χ4n) is 3.40. The van der Waals surface area contributed by atoms with Crippen LogP contribution in [-0.2, 0) is 4.79 Å². The normalized spacial score (nSPS) is 17.1. The van der Waals surface area contributed by atoms with Crippen LogP contribution in [0.2, 0.25) is 0 Å². The zero-order valence-corrected chi connectivity index (χ0v) is 14.4. The van der Waals surface area contributed by atoms with E-state index in [1.165, 1.54) is 0 Å². The summed E-state index contributed by atoms with van der Waals surface area (Å²) in [7, 11) is 0. The van der Waals surface area contributed by atoms with Gasteiger partial charge in [-0.1, -0.05) is 12.1 Å².